The van der Waals surface area contributed by atoms with E-state index in [2.05, 4.69) is 41.8 Å². The van der Waals surface area contributed by atoms with Crippen LogP contribution in [0.25, 0.3) is 11.4 Å². The number of carbonyl (C=O) groups excluding carboxylic acids is 1. The summed E-state index contributed by atoms with van der Waals surface area (Å²) in [7, 11) is 0. The van der Waals surface area contributed by atoms with Crippen molar-refractivity contribution in [2.24, 2.45) is 0 Å². The summed E-state index contributed by atoms with van der Waals surface area (Å²) in [5.41, 5.74) is 4.80. The smallest absolute Gasteiger partial charge is 0.229 e. The zero-order chi connectivity index (χ0) is 23.7. The van der Waals surface area contributed by atoms with Gasteiger partial charge in [-0.05, 0) is 48.7 Å². The lowest BCUT2D eigenvalue weighted by molar-refractivity contribution is -0.129. The van der Waals surface area contributed by atoms with Crippen molar-refractivity contribution in [3.63, 3.8) is 0 Å². The van der Waals surface area contributed by atoms with E-state index in [-0.39, 0.29) is 5.91 Å². The van der Waals surface area contributed by atoms with E-state index >= 15 is 0 Å². The summed E-state index contributed by atoms with van der Waals surface area (Å²) in [6.07, 6.45) is 2.40. The van der Waals surface area contributed by atoms with Gasteiger partial charge in [-0.3, -0.25) is 9.89 Å². The minimum atomic E-state index is 0.0845. The molecule has 1 amide bonds. The molecule has 0 atom stereocenters. The quantitative estimate of drug-likeness (QED) is 0.387. The Hall–Kier alpha value is -3.98. The van der Waals surface area contributed by atoms with Crippen LogP contribution in [0.3, 0.4) is 0 Å². The number of nitrogens with one attached hydrogen (secondary N) is 3. The van der Waals surface area contributed by atoms with E-state index in [9.17, 15) is 4.79 Å². The van der Waals surface area contributed by atoms with Crippen molar-refractivity contribution in [2.75, 3.05) is 17.2 Å². The molecule has 0 saturated carbocycles. The number of aromatic nitrogens is 5. The molecule has 0 radical (unpaired) electrons. The number of fused-ring (bicyclic) bond motifs is 1. The Kier molecular flexibility index (Phi) is 5.85. The van der Waals surface area contributed by atoms with Crippen molar-refractivity contribution in [3.05, 3.63) is 70.6 Å². The maximum Gasteiger partial charge on any atom is 0.229 e. The number of aryl methyl sites for hydroxylation is 1. The van der Waals surface area contributed by atoms with E-state index in [0.29, 0.717) is 29.2 Å². The third-order valence-electron chi connectivity index (χ3n) is 5.68. The number of nitrogens with zero attached hydrogens (tertiary/aromatic N) is 5. The van der Waals surface area contributed by atoms with Crippen molar-refractivity contribution in [2.45, 2.75) is 26.8 Å². The second-order valence-electron chi connectivity index (χ2n) is 8.10. The van der Waals surface area contributed by atoms with Gasteiger partial charge in [0.05, 0.1) is 11.9 Å². The van der Waals surface area contributed by atoms with Crippen LogP contribution in [-0.4, -0.2) is 42.5 Å². The number of anilines is 4. The van der Waals surface area contributed by atoms with Crippen LogP contribution in [0, 0.1) is 6.92 Å². The number of carbonyl (C=O) groups is 1. The van der Waals surface area contributed by atoms with Gasteiger partial charge in [0.15, 0.2) is 11.6 Å². The lowest BCUT2D eigenvalue weighted by atomic mass is 9.99. The van der Waals surface area contributed by atoms with E-state index < -0.39 is 0 Å². The highest BCUT2D eigenvalue weighted by Crippen LogP contribution is 2.31. The van der Waals surface area contributed by atoms with Crippen LogP contribution >= 0.6 is 11.6 Å². The zero-order valence-electron chi connectivity index (χ0n) is 18.8. The molecule has 34 heavy (non-hydrogen) atoms. The van der Waals surface area contributed by atoms with Crippen LogP contribution in [0.4, 0.5) is 23.1 Å². The molecule has 2 aromatic heterocycles. The Balaban J connectivity index is 1.39. The number of benzene rings is 2. The Morgan fingerprint density at radius 3 is 2.76 bits per heavy atom. The van der Waals surface area contributed by atoms with Gasteiger partial charge in [0.25, 0.3) is 0 Å². The second kappa shape index (κ2) is 9.11. The lowest BCUT2D eigenvalue weighted by Crippen LogP contribution is -2.34. The van der Waals surface area contributed by atoms with Gasteiger partial charge in [-0.15, -0.1) is 0 Å². The number of amides is 1. The molecular weight excluding hydrogens is 452 g/mol. The Morgan fingerprint density at radius 1 is 1.12 bits per heavy atom. The molecule has 0 unspecified atom stereocenters. The molecule has 3 heterocycles. The molecule has 2 aromatic carbocycles. The van der Waals surface area contributed by atoms with Crippen molar-refractivity contribution in [1.29, 1.82) is 0 Å². The second-order valence-corrected chi connectivity index (χ2v) is 8.51. The van der Waals surface area contributed by atoms with Crippen LogP contribution in [0.15, 0.2) is 48.7 Å². The number of hydrogen-bond acceptors (Lipinski definition) is 7. The SMILES string of the molecule is CC(=O)N1CCc2ccc(Nc3ncc(Cl)c(Nc4ccccc4-c4n[nH]c(C)n4)n3)cc2C1. The highest BCUT2D eigenvalue weighted by molar-refractivity contribution is 6.33. The highest BCUT2D eigenvalue weighted by Gasteiger charge is 2.19. The van der Waals surface area contributed by atoms with Crippen LogP contribution < -0.4 is 10.6 Å². The predicted molar refractivity (Wildman–Crippen MR) is 131 cm³/mol. The first kappa shape index (κ1) is 21.8. The zero-order valence-corrected chi connectivity index (χ0v) is 19.5. The standard InChI is InChI=1S/C24H23ClN8O/c1-14-27-22(32-31-14)19-5-3-4-6-21(19)29-23-20(25)12-26-24(30-23)28-18-8-7-16-9-10-33(15(2)34)13-17(16)11-18/h3-8,11-12H,9-10,13H2,1-2H3,(H,27,31,32)(H2,26,28,29,30). The van der Waals surface area contributed by atoms with E-state index in [1.807, 2.05) is 48.2 Å². The maximum absolute atomic E-state index is 11.8. The number of aromatic amines is 1. The first-order valence-corrected chi connectivity index (χ1v) is 11.3. The minimum Gasteiger partial charge on any atom is -0.338 e. The molecule has 4 aromatic rings. The monoisotopic (exact) mass is 474 g/mol. The average molecular weight is 475 g/mol. The van der Waals surface area contributed by atoms with Crippen molar-refractivity contribution in [1.82, 2.24) is 30.0 Å². The van der Waals surface area contributed by atoms with Gasteiger partial charge >= 0.3 is 0 Å². The molecular formula is C24H23ClN8O. The summed E-state index contributed by atoms with van der Waals surface area (Å²) < 4.78 is 0. The van der Waals surface area contributed by atoms with Crippen LogP contribution in [-0.2, 0) is 17.8 Å². The summed E-state index contributed by atoms with van der Waals surface area (Å²) in [6, 6.07) is 13.8. The topological polar surface area (TPSA) is 112 Å². The maximum atomic E-state index is 11.8. The Labute approximate surface area is 201 Å². The summed E-state index contributed by atoms with van der Waals surface area (Å²) in [6.45, 7) is 4.81. The molecule has 1 aliphatic rings. The fourth-order valence-corrected chi connectivity index (χ4v) is 4.06. The first-order chi connectivity index (χ1) is 16.5. The third-order valence-corrected chi connectivity index (χ3v) is 5.96. The summed E-state index contributed by atoms with van der Waals surface area (Å²) in [4.78, 5) is 27.0. The lowest BCUT2D eigenvalue weighted by Gasteiger charge is -2.28. The van der Waals surface area contributed by atoms with Crippen molar-refractivity contribution < 1.29 is 4.79 Å². The largest absolute Gasteiger partial charge is 0.338 e. The molecule has 5 rings (SSSR count). The Bertz CT molecular complexity index is 1370. The third kappa shape index (κ3) is 4.55. The van der Waals surface area contributed by atoms with Crippen LogP contribution in [0.1, 0.15) is 23.9 Å². The van der Waals surface area contributed by atoms with E-state index in [1.165, 1.54) is 5.56 Å². The predicted octanol–water partition coefficient (Wildman–Crippen LogP) is 4.62. The van der Waals surface area contributed by atoms with E-state index in [1.54, 1.807) is 13.1 Å². The number of halogens is 1. The Morgan fingerprint density at radius 2 is 1.97 bits per heavy atom. The fourth-order valence-electron chi connectivity index (χ4n) is 3.93. The van der Waals surface area contributed by atoms with Crippen molar-refractivity contribution in [3.8, 4) is 11.4 Å². The molecule has 0 saturated heterocycles. The summed E-state index contributed by atoms with van der Waals surface area (Å²) >= 11 is 6.40. The number of para-hydroxylation sites is 1. The van der Waals surface area contributed by atoms with Gasteiger partial charge in [0.1, 0.15) is 10.8 Å². The first-order valence-electron chi connectivity index (χ1n) is 10.9. The molecule has 10 heteroatoms. The number of H-pyrrole nitrogens is 1. The van der Waals surface area contributed by atoms with Gasteiger partial charge in [0.2, 0.25) is 11.9 Å². The molecule has 3 N–H and O–H groups in total. The number of rotatable bonds is 5. The fraction of sp³-hybridized carbons (Fsp3) is 0.208. The normalized spacial score (nSPS) is 12.9. The molecule has 0 bridgehead atoms. The molecule has 0 spiro atoms. The number of hydrogen-bond donors (Lipinski definition) is 3. The summed E-state index contributed by atoms with van der Waals surface area (Å²) in [5, 5.41) is 14.0. The van der Waals surface area contributed by atoms with Crippen LogP contribution in [0.5, 0.6) is 0 Å². The average Bonchev–Trinajstić information content (AvgIpc) is 3.27. The van der Waals surface area contributed by atoms with Crippen molar-refractivity contribution >= 4 is 40.6 Å². The van der Waals surface area contributed by atoms with Gasteiger partial charge in [-0.2, -0.15) is 10.1 Å². The van der Waals surface area contributed by atoms with Crippen LogP contribution in [0.2, 0.25) is 5.02 Å². The van der Waals surface area contributed by atoms with Gasteiger partial charge in [-0.1, -0.05) is 29.8 Å². The highest BCUT2D eigenvalue weighted by atomic mass is 35.5. The van der Waals surface area contributed by atoms with Gasteiger partial charge in [0, 0.05) is 31.3 Å². The minimum absolute atomic E-state index is 0.0845. The molecule has 1 aliphatic heterocycles. The van der Waals surface area contributed by atoms with E-state index in [0.717, 1.165) is 41.3 Å². The van der Waals surface area contributed by atoms with E-state index in [4.69, 9.17) is 11.6 Å². The van der Waals surface area contributed by atoms with Gasteiger partial charge < -0.3 is 15.5 Å². The molecule has 0 aliphatic carbocycles. The molecule has 172 valence electrons. The molecule has 9 nitrogen and oxygen atoms in total. The summed E-state index contributed by atoms with van der Waals surface area (Å²) in [5.74, 6) is 2.25. The molecule has 0 fully saturated rings. The van der Waals surface area contributed by atoms with Gasteiger partial charge in [-0.25, -0.2) is 9.97 Å².